The molecule has 1 aromatic heterocycles. The quantitative estimate of drug-likeness (QED) is 0.597. The van der Waals surface area contributed by atoms with E-state index < -0.39 is 10.0 Å². The van der Waals surface area contributed by atoms with Crippen LogP contribution in [-0.2, 0) is 19.6 Å². The number of sulfonamides is 1. The molecular weight excluding hydrogens is 440 g/mol. The van der Waals surface area contributed by atoms with E-state index in [0.29, 0.717) is 45.0 Å². The van der Waals surface area contributed by atoms with E-state index in [4.69, 9.17) is 9.15 Å². The van der Waals surface area contributed by atoms with Crippen LogP contribution in [0.15, 0.2) is 38.8 Å². The largest absolute Gasteiger partial charge is 0.411 e. The van der Waals surface area contributed by atoms with Gasteiger partial charge in [0.15, 0.2) is 0 Å². The number of thioether (sulfide) groups is 1. The maximum Gasteiger partial charge on any atom is 0.277 e. The maximum atomic E-state index is 13.0. The number of carbonyl (C=O) groups excluding carboxylic acids is 1. The fourth-order valence-corrected chi connectivity index (χ4v) is 5.99. The molecule has 1 amide bonds. The molecule has 2 saturated heterocycles. The lowest BCUT2D eigenvalue weighted by Crippen LogP contribution is -2.44. The van der Waals surface area contributed by atoms with Crippen molar-refractivity contribution in [2.24, 2.45) is 0 Å². The number of carbonyl (C=O) groups is 1. The Morgan fingerprint density at radius 2 is 1.84 bits per heavy atom. The zero-order chi connectivity index (χ0) is 21.8. The van der Waals surface area contributed by atoms with E-state index in [0.717, 1.165) is 19.3 Å². The summed E-state index contributed by atoms with van der Waals surface area (Å²) in [5, 5.41) is 7.98. The van der Waals surface area contributed by atoms with Crippen molar-refractivity contribution in [1.82, 2.24) is 19.4 Å². The van der Waals surface area contributed by atoms with Gasteiger partial charge in [-0.3, -0.25) is 4.79 Å². The molecule has 168 valence electrons. The van der Waals surface area contributed by atoms with Gasteiger partial charge in [-0.15, -0.1) is 10.2 Å². The number of rotatable bonds is 6. The number of hydrogen-bond donors (Lipinski definition) is 0. The Bertz CT molecular complexity index is 1010. The molecule has 1 atom stereocenters. The molecule has 9 nitrogen and oxygen atoms in total. The second kappa shape index (κ2) is 9.68. The van der Waals surface area contributed by atoms with Gasteiger partial charge in [0.2, 0.25) is 21.8 Å². The summed E-state index contributed by atoms with van der Waals surface area (Å²) in [6.45, 7) is 5.15. The van der Waals surface area contributed by atoms with Crippen LogP contribution in [0.25, 0.3) is 11.5 Å². The SMILES string of the molecule is CC(Sc1nnc(-c2cccc(S(=O)(=O)N3CCCCC3)c2)o1)C(=O)N1CCOCC1. The molecule has 0 N–H and O–H groups in total. The van der Waals surface area contributed by atoms with Crippen molar-refractivity contribution in [2.45, 2.75) is 41.6 Å². The molecule has 0 aliphatic carbocycles. The number of nitrogens with zero attached hydrogens (tertiary/aromatic N) is 4. The number of aromatic nitrogens is 2. The fraction of sp³-hybridized carbons (Fsp3) is 0.550. The van der Waals surface area contributed by atoms with Crippen LogP contribution < -0.4 is 0 Å². The lowest BCUT2D eigenvalue weighted by Gasteiger charge is -2.28. The average molecular weight is 467 g/mol. The Labute approximate surface area is 186 Å². The molecule has 2 aliphatic rings. The lowest BCUT2D eigenvalue weighted by molar-refractivity contribution is -0.134. The molecule has 1 aromatic carbocycles. The standard InChI is InChI=1S/C20H26N4O5S2/c1-15(19(25)23-10-12-28-13-11-23)30-20-22-21-18(29-20)16-6-5-7-17(14-16)31(26,27)24-8-3-2-4-9-24/h5-7,14-15H,2-4,8-13H2,1H3. The Morgan fingerprint density at radius 3 is 2.58 bits per heavy atom. The van der Waals surface area contributed by atoms with Gasteiger partial charge in [-0.1, -0.05) is 24.2 Å². The van der Waals surface area contributed by atoms with Crippen LogP contribution in [0.3, 0.4) is 0 Å². The van der Waals surface area contributed by atoms with Crippen molar-refractivity contribution >= 4 is 27.7 Å². The minimum Gasteiger partial charge on any atom is -0.411 e. The highest BCUT2D eigenvalue weighted by atomic mass is 32.2. The van der Waals surface area contributed by atoms with E-state index >= 15 is 0 Å². The van der Waals surface area contributed by atoms with Crippen molar-refractivity contribution < 1.29 is 22.4 Å². The molecule has 0 spiro atoms. The highest BCUT2D eigenvalue weighted by molar-refractivity contribution is 8.00. The summed E-state index contributed by atoms with van der Waals surface area (Å²) in [4.78, 5) is 14.6. The van der Waals surface area contributed by atoms with Gasteiger partial charge >= 0.3 is 0 Å². The molecule has 1 unspecified atom stereocenters. The van der Waals surface area contributed by atoms with E-state index in [-0.39, 0.29) is 27.2 Å². The van der Waals surface area contributed by atoms with Gasteiger partial charge in [0, 0.05) is 31.7 Å². The normalized spacial score (nSPS) is 19.3. The van der Waals surface area contributed by atoms with Gasteiger partial charge in [0.05, 0.1) is 23.4 Å². The summed E-state index contributed by atoms with van der Waals surface area (Å²) in [6.07, 6.45) is 2.82. The van der Waals surface area contributed by atoms with Gasteiger partial charge < -0.3 is 14.1 Å². The monoisotopic (exact) mass is 466 g/mol. The van der Waals surface area contributed by atoms with Crippen molar-refractivity contribution in [1.29, 1.82) is 0 Å². The minimum absolute atomic E-state index is 0.00247. The molecule has 0 radical (unpaired) electrons. The Hall–Kier alpha value is -1.95. The molecule has 31 heavy (non-hydrogen) atoms. The van der Waals surface area contributed by atoms with Crippen LogP contribution in [0, 0.1) is 0 Å². The average Bonchev–Trinajstić information content (AvgIpc) is 3.28. The van der Waals surface area contributed by atoms with Crippen molar-refractivity contribution in [3.63, 3.8) is 0 Å². The van der Waals surface area contributed by atoms with Crippen LogP contribution >= 0.6 is 11.8 Å². The number of amides is 1. The zero-order valence-electron chi connectivity index (χ0n) is 17.4. The smallest absolute Gasteiger partial charge is 0.277 e. The first kappa shape index (κ1) is 22.3. The molecule has 2 fully saturated rings. The van der Waals surface area contributed by atoms with E-state index in [2.05, 4.69) is 10.2 Å². The highest BCUT2D eigenvalue weighted by Gasteiger charge is 2.27. The lowest BCUT2D eigenvalue weighted by atomic mass is 10.2. The van der Waals surface area contributed by atoms with Crippen LogP contribution in [0.5, 0.6) is 0 Å². The summed E-state index contributed by atoms with van der Waals surface area (Å²) in [6, 6.07) is 6.56. The number of morpholine rings is 1. The summed E-state index contributed by atoms with van der Waals surface area (Å²) >= 11 is 1.19. The number of ether oxygens (including phenoxy) is 1. The van der Waals surface area contributed by atoms with E-state index in [1.165, 1.54) is 16.1 Å². The van der Waals surface area contributed by atoms with Crippen molar-refractivity contribution in [3.8, 4) is 11.5 Å². The second-order valence-corrected chi connectivity index (χ2v) is 10.8. The first-order valence-electron chi connectivity index (χ1n) is 10.4. The first-order chi connectivity index (χ1) is 14.9. The summed E-state index contributed by atoms with van der Waals surface area (Å²) < 4.78 is 38.4. The van der Waals surface area contributed by atoms with E-state index in [1.807, 2.05) is 0 Å². The third kappa shape index (κ3) is 5.11. The molecule has 4 rings (SSSR count). The first-order valence-corrected chi connectivity index (χ1v) is 12.7. The Balaban J connectivity index is 1.46. The number of benzene rings is 1. The topological polar surface area (TPSA) is 106 Å². The summed E-state index contributed by atoms with van der Waals surface area (Å²) in [5.41, 5.74) is 0.532. The second-order valence-electron chi connectivity index (χ2n) is 7.56. The van der Waals surface area contributed by atoms with E-state index in [9.17, 15) is 13.2 Å². The van der Waals surface area contributed by atoms with E-state index in [1.54, 1.807) is 36.1 Å². The predicted octanol–water partition coefficient (Wildman–Crippen LogP) is 2.25. The van der Waals surface area contributed by atoms with Gasteiger partial charge in [0.1, 0.15) is 0 Å². The van der Waals surface area contributed by atoms with Gasteiger partial charge in [-0.25, -0.2) is 8.42 Å². The molecule has 3 heterocycles. The molecule has 0 saturated carbocycles. The van der Waals surface area contributed by atoms with Crippen LogP contribution in [0.4, 0.5) is 0 Å². The Kier molecular flexibility index (Phi) is 6.95. The maximum absolute atomic E-state index is 13.0. The number of hydrogen-bond acceptors (Lipinski definition) is 8. The summed E-state index contributed by atoms with van der Waals surface area (Å²) in [7, 11) is -3.55. The minimum atomic E-state index is -3.55. The van der Waals surface area contributed by atoms with Gasteiger partial charge in [0.25, 0.3) is 5.22 Å². The fourth-order valence-electron chi connectivity index (χ4n) is 3.66. The third-order valence-electron chi connectivity index (χ3n) is 5.39. The number of piperidine rings is 1. The van der Waals surface area contributed by atoms with Crippen molar-refractivity contribution in [2.75, 3.05) is 39.4 Å². The highest BCUT2D eigenvalue weighted by Crippen LogP contribution is 2.29. The molecule has 0 bridgehead atoms. The molecular formula is C20H26N4O5S2. The predicted molar refractivity (Wildman–Crippen MR) is 115 cm³/mol. The molecule has 2 aromatic rings. The van der Waals surface area contributed by atoms with Crippen LogP contribution in [-0.4, -0.2) is 78.4 Å². The van der Waals surface area contributed by atoms with Gasteiger partial charge in [-0.2, -0.15) is 4.31 Å². The third-order valence-corrected chi connectivity index (χ3v) is 8.20. The Morgan fingerprint density at radius 1 is 1.10 bits per heavy atom. The zero-order valence-corrected chi connectivity index (χ0v) is 19.0. The van der Waals surface area contributed by atoms with Crippen LogP contribution in [0.2, 0.25) is 0 Å². The van der Waals surface area contributed by atoms with Crippen LogP contribution in [0.1, 0.15) is 26.2 Å². The molecule has 11 heteroatoms. The molecule has 2 aliphatic heterocycles. The van der Waals surface area contributed by atoms with Crippen molar-refractivity contribution in [3.05, 3.63) is 24.3 Å². The van der Waals surface area contributed by atoms with Gasteiger partial charge in [-0.05, 0) is 38.0 Å². The summed E-state index contributed by atoms with van der Waals surface area (Å²) in [5.74, 6) is 0.229.